The number of hydrogen-bond acceptors (Lipinski definition) is 8. The highest BCUT2D eigenvalue weighted by atomic mass is 32.2. The fourth-order valence-corrected chi connectivity index (χ4v) is 3.23. The molecule has 3 unspecified atom stereocenters. The summed E-state index contributed by atoms with van der Waals surface area (Å²) in [4.78, 5) is 59.6. The minimum absolute atomic E-state index is 0.0159. The third kappa shape index (κ3) is 10.2. The van der Waals surface area contributed by atoms with Crippen LogP contribution in [-0.4, -0.2) is 81.7 Å². The van der Waals surface area contributed by atoms with Crippen LogP contribution in [0.3, 0.4) is 0 Å². The Hall–Kier alpha value is -3.32. The minimum Gasteiger partial charge on any atom is -0.508 e. The van der Waals surface area contributed by atoms with Gasteiger partial charge in [-0.25, -0.2) is 4.79 Å². The zero-order valence-electron chi connectivity index (χ0n) is 17.9. The lowest BCUT2D eigenvalue weighted by molar-refractivity contribution is -0.147. The first kappa shape index (κ1) is 27.7. The second kappa shape index (κ2) is 14.0. The number of amides is 3. The number of rotatable bonds is 14. The third-order valence-corrected chi connectivity index (χ3v) is 5.09. The van der Waals surface area contributed by atoms with Gasteiger partial charge in [0.2, 0.25) is 17.7 Å². The van der Waals surface area contributed by atoms with Crippen LogP contribution in [0.4, 0.5) is 0 Å². The molecule has 3 amide bonds. The maximum Gasteiger partial charge on any atom is 0.326 e. The van der Waals surface area contributed by atoms with Crippen molar-refractivity contribution in [2.24, 2.45) is 5.73 Å². The molecule has 0 spiro atoms. The predicted molar refractivity (Wildman–Crippen MR) is 120 cm³/mol. The molecule has 0 saturated carbocycles. The number of hydrogen-bond donors (Lipinski definition) is 7. The zero-order valence-corrected chi connectivity index (χ0v) is 18.8. The number of thioether (sulfide) groups is 1. The van der Waals surface area contributed by atoms with E-state index in [1.54, 1.807) is 0 Å². The topological polar surface area (TPSA) is 208 Å². The first-order valence-corrected chi connectivity index (χ1v) is 11.3. The van der Waals surface area contributed by atoms with Gasteiger partial charge in [0.05, 0.1) is 13.0 Å². The molecular formula is C20H28N4O8S. The third-order valence-electron chi connectivity index (χ3n) is 4.45. The molecule has 13 heteroatoms. The van der Waals surface area contributed by atoms with Gasteiger partial charge < -0.3 is 37.0 Å². The van der Waals surface area contributed by atoms with Gasteiger partial charge in [-0.3, -0.25) is 19.2 Å². The average Bonchev–Trinajstić information content (AvgIpc) is 2.76. The largest absolute Gasteiger partial charge is 0.508 e. The Bertz CT molecular complexity index is 849. The molecule has 0 aliphatic rings. The number of nitrogens with two attached hydrogens (primary N) is 1. The average molecular weight is 485 g/mol. The molecule has 0 aliphatic heterocycles. The van der Waals surface area contributed by atoms with E-state index in [9.17, 15) is 34.2 Å². The molecule has 8 N–H and O–H groups in total. The molecule has 0 bridgehead atoms. The van der Waals surface area contributed by atoms with E-state index in [-0.39, 0.29) is 25.1 Å². The monoisotopic (exact) mass is 484 g/mol. The SMILES string of the molecule is CSCCC(NC(=O)CN)C(=O)NC(Cc1ccc(O)cc1)C(=O)NC(CC(=O)O)C(=O)O. The Morgan fingerprint density at radius 2 is 1.52 bits per heavy atom. The van der Waals surface area contributed by atoms with Gasteiger partial charge in [-0.1, -0.05) is 12.1 Å². The van der Waals surface area contributed by atoms with Crippen molar-refractivity contribution in [3.8, 4) is 5.75 Å². The molecule has 1 rings (SSSR count). The van der Waals surface area contributed by atoms with Crippen molar-refractivity contribution in [3.05, 3.63) is 29.8 Å². The number of phenols is 1. The Balaban J connectivity index is 3.10. The van der Waals surface area contributed by atoms with Crippen molar-refractivity contribution in [1.82, 2.24) is 16.0 Å². The van der Waals surface area contributed by atoms with E-state index in [0.29, 0.717) is 11.3 Å². The molecule has 0 aliphatic carbocycles. The van der Waals surface area contributed by atoms with E-state index in [1.807, 2.05) is 6.26 Å². The highest BCUT2D eigenvalue weighted by Gasteiger charge is 2.30. The molecule has 0 radical (unpaired) electrons. The van der Waals surface area contributed by atoms with Gasteiger partial charge in [0, 0.05) is 6.42 Å². The van der Waals surface area contributed by atoms with E-state index in [1.165, 1.54) is 36.0 Å². The normalized spacial score (nSPS) is 13.3. The summed E-state index contributed by atoms with van der Waals surface area (Å²) in [6.45, 7) is -0.337. The van der Waals surface area contributed by atoms with Gasteiger partial charge in [-0.2, -0.15) is 11.8 Å². The molecule has 12 nitrogen and oxygen atoms in total. The van der Waals surface area contributed by atoms with Gasteiger partial charge in [-0.15, -0.1) is 0 Å². The van der Waals surface area contributed by atoms with Crippen LogP contribution in [0.5, 0.6) is 5.75 Å². The van der Waals surface area contributed by atoms with E-state index in [2.05, 4.69) is 16.0 Å². The van der Waals surface area contributed by atoms with Crippen LogP contribution in [0.25, 0.3) is 0 Å². The van der Waals surface area contributed by atoms with Crippen LogP contribution < -0.4 is 21.7 Å². The Labute approximate surface area is 194 Å². The van der Waals surface area contributed by atoms with Crippen LogP contribution >= 0.6 is 11.8 Å². The molecule has 1 aromatic rings. The van der Waals surface area contributed by atoms with E-state index in [0.717, 1.165) is 0 Å². The van der Waals surface area contributed by atoms with Crippen LogP contribution in [-0.2, 0) is 30.4 Å². The maximum atomic E-state index is 12.9. The summed E-state index contributed by atoms with van der Waals surface area (Å²) in [7, 11) is 0. The number of nitrogens with one attached hydrogen (secondary N) is 3. The van der Waals surface area contributed by atoms with Crippen molar-refractivity contribution in [3.63, 3.8) is 0 Å². The number of benzene rings is 1. The van der Waals surface area contributed by atoms with Crippen LogP contribution in [0, 0.1) is 0 Å². The molecule has 0 fully saturated rings. The standard InChI is InChI=1S/C20H28N4O8S/c1-33-7-6-13(22-16(26)10-21)18(29)23-14(8-11-2-4-12(25)5-3-11)19(30)24-15(20(31)32)9-17(27)28/h2-5,13-15,25H,6-10,21H2,1H3,(H,22,26)(H,23,29)(H,24,30)(H,27,28)(H,31,32). The number of carboxylic acid groups (broad SMARTS) is 2. The Morgan fingerprint density at radius 1 is 0.939 bits per heavy atom. The first-order chi connectivity index (χ1) is 15.6. The van der Waals surface area contributed by atoms with Crippen LogP contribution in [0.1, 0.15) is 18.4 Å². The van der Waals surface area contributed by atoms with Gasteiger partial charge in [-0.05, 0) is 36.1 Å². The molecule has 3 atom stereocenters. The lowest BCUT2D eigenvalue weighted by atomic mass is 10.0. The summed E-state index contributed by atoms with van der Waals surface area (Å²) < 4.78 is 0. The Kier molecular flexibility index (Phi) is 11.7. The summed E-state index contributed by atoms with van der Waals surface area (Å²) in [5, 5.41) is 34.7. The number of carbonyl (C=O) groups is 5. The summed E-state index contributed by atoms with van der Waals surface area (Å²) in [6, 6.07) is 1.78. The van der Waals surface area contributed by atoms with E-state index >= 15 is 0 Å². The lowest BCUT2D eigenvalue weighted by Crippen LogP contribution is -2.57. The minimum atomic E-state index is -1.71. The number of aromatic hydroxyl groups is 1. The van der Waals surface area contributed by atoms with Crippen molar-refractivity contribution in [1.29, 1.82) is 0 Å². The number of carbonyl (C=O) groups excluding carboxylic acids is 3. The van der Waals surface area contributed by atoms with Crippen molar-refractivity contribution >= 4 is 41.4 Å². The molecule has 33 heavy (non-hydrogen) atoms. The van der Waals surface area contributed by atoms with Gasteiger partial charge in [0.15, 0.2) is 0 Å². The second-order valence-corrected chi connectivity index (χ2v) is 8.02. The number of aliphatic carboxylic acids is 2. The van der Waals surface area contributed by atoms with Gasteiger partial charge in [0.25, 0.3) is 0 Å². The summed E-state index contributed by atoms with van der Waals surface area (Å²) in [5.74, 6) is -4.64. The first-order valence-electron chi connectivity index (χ1n) is 9.89. The van der Waals surface area contributed by atoms with Crippen LogP contribution in [0.2, 0.25) is 0 Å². The number of phenolic OH excluding ortho intramolecular Hbond substituents is 1. The van der Waals surface area contributed by atoms with Crippen molar-refractivity contribution < 1.29 is 39.3 Å². The summed E-state index contributed by atoms with van der Waals surface area (Å²) >= 11 is 1.44. The molecule has 0 saturated heterocycles. The summed E-state index contributed by atoms with van der Waals surface area (Å²) in [6.07, 6.45) is 1.12. The zero-order chi connectivity index (χ0) is 25.0. The molecule has 182 valence electrons. The smallest absolute Gasteiger partial charge is 0.326 e. The fraction of sp³-hybridized carbons (Fsp3) is 0.450. The van der Waals surface area contributed by atoms with Crippen molar-refractivity contribution in [2.75, 3.05) is 18.6 Å². The molecule has 1 aromatic carbocycles. The maximum absolute atomic E-state index is 12.9. The highest BCUT2D eigenvalue weighted by molar-refractivity contribution is 7.98. The van der Waals surface area contributed by atoms with Crippen molar-refractivity contribution in [2.45, 2.75) is 37.4 Å². The fourth-order valence-electron chi connectivity index (χ4n) is 2.75. The number of carboxylic acids is 2. The summed E-state index contributed by atoms with van der Waals surface area (Å²) in [5.41, 5.74) is 5.83. The lowest BCUT2D eigenvalue weighted by Gasteiger charge is -2.24. The quantitative estimate of drug-likeness (QED) is 0.165. The Morgan fingerprint density at radius 3 is 2.03 bits per heavy atom. The van der Waals surface area contributed by atoms with Crippen LogP contribution in [0.15, 0.2) is 24.3 Å². The molecule has 0 aromatic heterocycles. The second-order valence-electron chi connectivity index (χ2n) is 7.03. The van der Waals surface area contributed by atoms with Gasteiger partial charge >= 0.3 is 11.9 Å². The van der Waals surface area contributed by atoms with E-state index in [4.69, 9.17) is 10.8 Å². The van der Waals surface area contributed by atoms with E-state index < -0.39 is 54.2 Å². The predicted octanol–water partition coefficient (Wildman–Crippen LogP) is -1.34. The molecule has 0 heterocycles. The highest BCUT2D eigenvalue weighted by Crippen LogP contribution is 2.12. The molecular weight excluding hydrogens is 456 g/mol. The van der Waals surface area contributed by atoms with Gasteiger partial charge in [0.1, 0.15) is 23.9 Å².